The van der Waals surface area contributed by atoms with Crippen molar-refractivity contribution in [1.82, 2.24) is 20.4 Å². The molecule has 0 aromatic rings. The zero-order valence-corrected chi connectivity index (χ0v) is 18.9. The second kappa shape index (κ2) is 11.8. The van der Waals surface area contributed by atoms with Gasteiger partial charge in [0.2, 0.25) is 0 Å². The zero-order valence-electron chi connectivity index (χ0n) is 16.6. The molecule has 1 amide bonds. The Balaban J connectivity index is 0.00000576. The van der Waals surface area contributed by atoms with Crippen molar-refractivity contribution in [3.63, 3.8) is 0 Å². The van der Waals surface area contributed by atoms with Gasteiger partial charge in [0, 0.05) is 31.2 Å². The van der Waals surface area contributed by atoms with Crippen LogP contribution in [-0.4, -0.2) is 80.3 Å². The Morgan fingerprint density at radius 2 is 1.88 bits per heavy atom. The molecule has 0 spiro atoms. The normalized spacial score (nSPS) is 16.4. The highest BCUT2D eigenvalue weighted by atomic mass is 127. The van der Waals surface area contributed by atoms with Crippen LogP contribution in [0.4, 0.5) is 4.79 Å². The van der Waals surface area contributed by atoms with Crippen molar-refractivity contribution in [3.05, 3.63) is 0 Å². The van der Waals surface area contributed by atoms with Crippen LogP contribution < -0.4 is 10.6 Å². The lowest BCUT2D eigenvalue weighted by Gasteiger charge is -2.33. The Labute approximate surface area is 170 Å². The minimum atomic E-state index is -0.204. The lowest BCUT2D eigenvalue weighted by atomic mass is 10.0. The van der Waals surface area contributed by atoms with Crippen LogP contribution in [0.1, 0.15) is 40.5 Å². The Morgan fingerprint density at radius 1 is 1.28 bits per heavy atom. The standard InChI is InChI=1S/C17H35N5O2.HI/c1-7-18-15(19-13-17(3,4)21(5)6)20-14-9-11-22(12-10-14)16(23)24-8-2;/h14H,7-13H2,1-6H3,(H2,18,19,20);1H. The van der Waals surface area contributed by atoms with E-state index >= 15 is 0 Å². The third-order valence-electron chi connectivity index (χ3n) is 4.54. The number of hydrogen-bond donors (Lipinski definition) is 2. The summed E-state index contributed by atoms with van der Waals surface area (Å²) in [5.41, 5.74) is 0.00955. The molecule has 25 heavy (non-hydrogen) atoms. The van der Waals surface area contributed by atoms with Crippen LogP contribution >= 0.6 is 24.0 Å². The van der Waals surface area contributed by atoms with Gasteiger partial charge in [-0.1, -0.05) is 0 Å². The molecule has 1 heterocycles. The summed E-state index contributed by atoms with van der Waals surface area (Å²) in [4.78, 5) is 20.4. The van der Waals surface area contributed by atoms with Crippen LogP contribution in [0.25, 0.3) is 0 Å². The van der Waals surface area contributed by atoms with Crippen LogP contribution in [0.2, 0.25) is 0 Å². The predicted octanol–water partition coefficient (Wildman–Crippen LogP) is 2.12. The third-order valence-corrected chi connectivity index (χ3v) is 4.54. The van der Waals surface area contributed by atoms with E-state index in [0.717, 1.165) is 45.0 Å². The van der Waals surface area contributed by atoms with Crippen LogP contribution in [-0.2, 0) is 4.74 Å². The topological polar surface area (TPSA) is 69.2 Å². The Kier molecular flexibility index (Phi) is 11.4. The van der Waals surface area contributed by atoms with Gasteiger partial charge in [-0.25, -0.2) is 4.79 Å². The molecular weight excluding hydrogens is 433 g/mol. The molecule has 0 aliphatic carbocycles. The summed E-state index contributed by atoms with van der Waals surface area (Å²) in [5.74, 6) is 0.849. The minimum Gasteiger partial charge on any atom is -0.450 e. The summed E-state index contributed by atoms with van der Waals surface area (Å²) in [6.45, 7) is 11.7. The maximum Gasteiger partial charge on any atom is 0.409 e. The van der Waals surface area contributed by atoms with Crippen molar-refractivity contribution >= 4 is 36.0 Å². The van der Waals surface area contributed by atoms with E-state index in [1.807, 2.05) is 6.92 Å². The number of halogens is 1. The van der Waals surface area contributed by atoms with Crippen LogP contribution in [0, 0.1) is 0 Å². The van der Waals surface area contributed by atoms with Crippen molar-refractivity contribution in [3.8, 4) is 0 Å². The van der Waals surface area contributed by atoms with Crippen molar-refractivity contribution < 1.29 is 9.53 Å². The quantitative estimate of drug-likeness (QED) is 0.355. The van der Waals surface area contributed by atoms with Gasteiger partial charge < -0.3 is 25.2 Å². The molecule has 2 N–H and O–H groups in total. The van der Waals surface area contributed by atoms with E-state index in [2.05, 4.69) is 50.4 Å². The highest BCUT2D eigenvalue weighted by molar-refractivity contribution is 14.0. The molecule has 0 radical (unpaired) electrons. The SMILES string of the molecule is CCNC(=NCC(C)(C)N(C)C)NC1CCN(C(=O)OCC)CC1.I. The third kappa shape index (κ3) is 8.44. The summed E-state index contributed by atoms with van der Waals surface area (Å²) >= 11 is 0. The molecule has 1 aliphatic rings. The van der Waals surface area contributed by atoms with Crippen LogP contribution in [0.5, 0.6) is 0 Å². The molecule has 0 aromatic carbocycles. The van der Waals surface area contributed by atoms with E-state index in [4.69, 9.17) is 9.73 Å². The molecule has 0 aromatic heterocycles. The average molecular weight is 469 g/mol. The van der Waals surface area contributed by atoms with Crippen LogP contribution in [0.15, 0.2) is 4.99 Å². The molecule has 0 bridgehead atoms. The maximum atomic E-state index is 11.7. The molecule has 0 atom stereocenters. The Morgan fingerprint density at radius 3 is 2.36 bits per heavy atom. The Bertz CT molecular complexity index is 421. The number of ether oxygens (including phenoxy) is 1. The van der Waals surface area contributed by atoms with E-state index in [0.29, 0.717) is 12.6 Å². The lowest BCUT2D eigenvalue weighted by molar-refractivity contribution is 0.0963. The molecular formula is C17H36IN5O2. The van der Waals surface area contributed by atoms with Crippen LogP contribution in [0.3, 0.4) is 0 Å². The molecule has 8 heteroatoms. The molecule has 1 saturated heterocycles. The number of hydrogen-bond acceptors (Lipinski definition) is 4. The van der Waals surface area contributed by atoms with Gasteiger partial charge in [-0.3, -0.25) is 4.99 Å². The zero-order chi connectivity index (χ0) is 18.2. The molecule has 0 unspecified atom stereocenters. The second-order valence-corrected chi connectivity index (χ2v) is 7.01. The summed E-state index contributed by atoms with van der Waals surface area (Å²) < 4.78 is 5.06. The number of amides is 1. The van der Waals surface area contributed by atoms with E-state index in [9.17, 15) is 4.79 Å². The molecule has 7 nitrogen and oxygen atoms in total. The van der Waals surface area contributed by atoms with E-state index < -0.39 is 0 Å². The van der Waals surface area contributed by atoms with Crippen molar-refractivity contribution in [2.75, 3.05) is 46.9 Å². The Hall–Kier alpha value is -0.770. The summed E-state index contributed by atoms with van der Waals surface area (Å²) in [5, 5.41) is 6.81. The summed E-state index contributed by atoms with van der Waals surface area (Å²) in [7, 11) is 4.14. The number of nitrogens with zero attached hydrogens (tertiary/aromatic N) is 3. The largest absolute Gasteiger partial charge is 0.450 e. The smallest absolute Gasteiger partial charge is 0.409 e. The van der Waals surface area contributed by atoms with Gasteiger partial charge in [0.25, 0.3) is 0 Å². The van der Waals surface area contributed by atoms with E-state index in [1.54, 1.807) is 4.90 Å². The van der Waals surface area contributed by atoms with Gasteiger partial charge in [-0.05, 0) is 54.6 Å². The van der Waals surface area contributed by atoms with Gasteiger partial charge in [-0.2, -0.15) is 0 Å². The van der Waals surface area contributed by atoms with Gasteiger partial charge in [0.15, 0.2) is 5.96 Å². The average Bonchev–Trinajstić information content (AvgIpc) is 2.53. The summed E-state index contributed by atoms with van der Waals surface area (Å²) in [6.07, 6.45) is 1.60. The number of aliphatic imine (C=N–C) groups is 1. The molecule has 1 rings (SSSR count). The lowest BCUT2D eigenvalue weighted by Crippen LogP contribution is -2.50. The number of nitrogens with one attached hydrogen (secondary N) is 2. The molecule has 1 aliphatic heterocycles. The number of rotatable bonds is 6. The van der Waals surface area contributed by atoms with Crippen molar-refractivity contribution in [2.45, 2.75) is 52.1 Å². The van der Waals surface area contributed by atoms with Gasteiger partial charge in [-0.15, -0.1) is 24.0 Å². The van der Waals surface area contributed by atoms with Gasteiger partial charge in [0.05, 0.1) is 13.2 Å². The predicted molar refractivity (Wildman–Crippen MR) is 114 cm³/mol. The first-order valence-electron chi connectivity index (χ1n) is 8.94. The monoisotopic (exact) mass is 469 g/mol. The van der Waals surface area contributed by atoms with Crippen molar-refractivity contribution in [2.24, 2.45) is 4.99 Å². The number of piperidine rings is 1. The fourth-order valence-electron chi connectivity index (χ4n) is 2.35. The number of carbonyl (C=O) groups excluding carboxylic acids is 1. The van der Waals surface area contributed by atoms with E-state index in [-0.39, 0.29) is 35.6 Å². The first kappa shape index (κ1) is 24.2. The number of likely N-dealkylation sites (tertiary alicyclic amines) is 1. The highest BCUT2D eigenvalue weighted by Gasteiger charge is 2.25. The maximum absolute atomic E-state index is 11.7. The van der Waals surface area contributed by atoms with Gasteiger partial charge >= 0.3 is 6.09 Å². The fourth-order valence-corrected chi connectivity index (χ4v) is 2.35. The minimum absolute atomic E-state index is 0. The molecule has 0 saturated carbocycles. The second-order valence-electron chi connectivity index (χ2n) is 7.01. The first-order valence-corrected chi connectivity index (χ1v) is 8.94. The molecule has 1 fully saturated rings. The van der Waals surface area contributed by atoms with Crippen molar-refractivity contribution in [1.29, 1.82) is 0 Å². The fraction of sp³-hybridized carbons (Fsp3) is 0.882. The highest BCUT2D eigenvalue weighted by Crippen LogP contribution is 2.12. The number of guanidine groups is 1. The summed E-state index contributed by atoms with van der Waals surface area (Å²) in [6, 6.07) is 0.330. The van der Waals surface area contributed by atoms with E-state index in [1.165, 1.54) is 0 Å². The molecule has 148 valence electrons. The van der Waals surface area contributed by atoms with Gasteiger partial charge in [0.1, 0.15) is 0 Å². The number of likely N-dealkylation sites (N-methyl/N-ethyl adjacent to an activating group) is 1. The number of carbonyl (C=O) groups is 1. The first-order chi connectivity index (χ1) is 11.3.